The molecular formula is C16H21NO4. The summed E-state index contributed by atoms with van der Waals surface area (Å²) in [5.74, 6) is -1.34. The minimum absolute atomic E-state index is 0.182. The van der Waals surface area contributed by atoms with Crippen LogP contribution in [-0.4, -0.2) is 24.1 Å². The maximum Gasteiger partial charge on any atom is 0.307 e. The molecule has 1 aliphatic carbocycles. The highest BCUT2D eigenvalue weighted by Crippen LogP contribution is 2.33. The smallest absolute Gasteiger partial charge is 0.307 e. The zero-order valence-corrected chi connectivity index (χ0v) is 12.3. The molecule has 0 saturated heterocycles. The molecule has 114 valence electrons. The van der Waals surface area contributed by atoms with Crippen molar-refractivity contribution in [1.82, 2.24) is 5.32 Å². The third-order valence-electron chi connectivity index (χ3n) is 4.13. The summed E-state index contributed by atoms with van der Waals surface area (Å²) in [5, 5.41) is 12.1. The number of nitrogens with one attached hydrogen (secondary N) is 1. The summed E-state index contributed by atoms with van der Waals surface area (Å²) < 4.78 is 5.29. The van der Waals surface area contributed by atoms with Crippen LogP contribution >= 0.6 is 0 Å². The first-order valence-electron chi connectivity index (χ1n) is 7.20. The Morgan fingerprint density at radius 2 is 1.95 bits per heavy atom. The van der Waals surface area contributed by atoms with Crippen LogP contribution in [-0.2, 0) is 9.59 Å². The highest BCUT2D eigenvalue weighted by Gasteiger charge is 2.38. The summed E-state index contributed by atoms with van der Waals surface area (Å²) in [4.78, 5) is 23.5. The van der Waals surface area contributed by atoms with Crippen LogP contribution in [0, 0.1) is 11.8 Å². The van der Waals surface area contributed by atoms with Gasteiger partial charge in [0.25, 0.3) is 0 Å². The van der Waals surface area contributed by atoms with E-state index >= 15 is 0 Å². The summed E-state index contributed by atoms with van der Waals surface area (Å²) >= 11 is 0. The number of ether oxygens (including phenoxy) is 1. The van der Waals surface area contributed by atoms with Gasteiger partial charge in [0, 0.05) is 5.56 Å². The first-order chi connectivity index (χ1) is 10.0. The molecule has 0 bridgehead atoms. The van der Waals surface area contributed by atoms with Gasteiger partial charge in [-0.3, -0.25) is 9.59 Å². The van der Waals surface area contributed by atoms with Crippen molar-refractivity contribution >= 4 is 11.9 Å². The predicted octanol–water partition coefficient (Wildman–Crippen LogP) is 2.37. The summed E-state index contributed by atoms with van der Waals surface area (Å²) in [6, 6.07) is 7.27. The van der Waals surface area contributed by atoms with E-state index < -0.39 is 17.8 Å². The zero-order valence-electron chi connectivity index (χ0n) is 12.3. The Kier molecular flexibility index (Phi) is 4.83. The fraction of sp³-hybridized carbons (Fsp3) is 0.500. The number of aliphatic carboxylic acids is 1. The summed E-state index contributed by atoms with van der Waals surface area (Å²) in [7, 11) is 1.59. The van der Waals surface area contributed by atoms with Crippen molar-refractivity contribution in [1.29, 1.82) is 0 Å². The molecule has 1 saturated carbocycles. The summed E-state index contributed by atoms with van der Waals surface area (Å²) in [5.41, 5.74) is 0.887. The Balaban J connectivity index is 2.07. The number of carbonyl (C=O) groups is 2. The fourth-order valence-electron chi connectivity index (χ4n) is 2.99. The van der Waals surface area contributed by atoms with Crippen molar-refractivity contribution in [3.63, 3.8) is 0 Å². The number of para-hydroxylation sites is 1. The van der Waals surface area contributed by atoms with Crippen molar-refractivity contribution in [3.8, 4) is 5.75 Å². The molecule has 0 spiro atoms. The van der Waals surface area contributed by atoms with Crippen molar-refractivity contribution in [3.05, 3.63) is 29.8 Å². The molecule has 1 aromatic rings. The molecule has 2 rings (SSSR count). The lowest BCUT2D eigenvalue weighted by Gasteiger charge is -2.21. The standard InChI is InChI=1S/C16H21NO4/c1-10(11-6-3-4-9-14(11)21-2)17-15(18)12-7-5-8-13(12)16(19)20/h3-4,6,9-10,12-13H,5,7-8H2,1-2H3,(H,17,18)(H,19,20)/t10-,12?,13?/m1/s1. The molecule has 1 amide bonds. The number of carboxylic acids is 1. The molecule has 1 aliphatic rings. The second-order valence-corrected chi connectivity index (χ2v) is 5.45. The third kappa shape index (κ3) is 3.35. The molecule has 5 nitrogen and oxygen atoms in total. The average Bonchev–Trinajstić information content (AvgIpc) is 2.96. The molecule has 1 fully saturated rings. The van der Waals surface area contributed by atoms with Crippen molar-refractivity contribution < 1.29 is 19.4 Å². The molecule has 0 radical (unpaired) electrons. The molecule has 0 heterocycles. The zero-order chi connectivity index (χ0) is 15.4. The fourth-order valence-corrected chi connectivity index (χ4v) is 2.99. The normalized spacial score (nSPS) is 22.6. The van der Waals surface area contributed by atoms with Gasteiger partial charge in [0.2, 0.25) is 5.91 Å². The topological polar surface area (TPSA) is 75.6 Å². The van der Waals surface area contributed by atoms with E-state index in [1.165, 1.54) is 0 Å². The van der Waals surface area contributed by atoms with E-state index in [-0.39, 0.29) is 11.9 Å². The van der Waals surface area contributed by atoms with Gasteiger partial charge in [-0.2, -0.15) is 0 Å². The molecule has 3 atom stereocenters. The van der Waals surface area contributed by atoms with E-state index in [0.29, 0.717) is 18.6 Å². The number of methoxy groups -OCH3 is 1. The number of amides is 1. The second kappa shape index (κ2) is 6.61. The predicted molar refractivity (Wildman–Crippen MR) is 78.0 cm³/mol. The molecule has 1 aromatic carbocycles. The third-order valence-corrected chi connectivity index (χ3v) is 4.13. The van der Waals surface area contributed by atoms with Crippen molar-refractivity contribution in [2.24, 2.45) is 11.8 Å². The Hall–Kier alpha value is -2.04. The van der Waals surface area contributed by atoms with Gasteiger partial charge in [-0.05, 0) is 25.8 Å². The molecule has 21 heavy (non-hydrogen) atoms. The Bertz CT molecular complexity index is 529. The van der Waals surface area contributed by atoms with E-state index in [4.69, 9.17) is 9.84 Å². The maximum absolute atomic E-state index is 12.3. The van der Waals surface area contributed by atoms with Crippen LogP contribution in [0.1, 0.15) is 37.8 Å². The lowest BCUT2D eigenvalue weighted by Crippen LogP contribution is -2.36. The van der Waals surface area contributed by atoms with Crippen molar-refractivity contribution in [2.75, 3.05) is 7.11 Å². The van der Waals surface area contributed by atoms with Crippen LogP contribution in [0.25, 0.3) is 0 Å². The van der Waals surface area contributed by atoms with Crippen LogP contribution in [0.5, 0.6) is 5.75 Å². The van der Waals surface area contributed by atoms with Gasteiger partial charge in [0.1, 0.15) is 5.75 Å². The van der Waals surface area contributed by atoms with Gasteiger partial charge in [-0.25, -0.2) is 0 Å². The van der Waals surface area contributed by atoms with Gasteiger partial charge < -0.3 is 15.2 Å². The second-order valence-electron chi connectivity index (χ2n) is 5.45. The van der Waals surface area contributed by atoms with Crippen LogP contribution in [0.4, 0.5) is 0 Å². The lowest BCUT2D eigenvalue weighted by atomic mass is 9.94. The van der Waals surface area contributed by atoms with E-state index in [2.05, 4.69) is 5.32 Å². The Labute approximate surface area is 124 Å². The van der Waals surface area contributed by atoms with Crippen LogP contribution in [0.3, 0.4) is 0 Å². The number of rotatable bonds is 5. The van der Waals surface area contributed by atoms with Crippen molar-refractivity contribution in [2.45, 2.75) is 32.2 Å². The molecule has 2 unspecified atom stereocenters. The number of benzene rings is 1. The maximum atomic E-state index is 12.3. The van der Waals surface area contributed by atoms with Crippen LogP contribution in [0.15, 0.2) is 24.3 Å². The molecule has 0 aliphatic heterocycles. The molecular weight excluding hydrogens is 270 g/mol. The first-order valence-corrected chi connectivity index (χ1v) is 7.20. The highest BCUT2D eigenvalue weighted by molar-refractivity contribution is 5.85. The van der Waals surface area contributed by atoms with E-state index in [0.717, 1.165) is 12.0 Å². The highest BCUT2D eigenvalue weighted by atomic mass is 16.5. The minimum atomic E-state index is -0.877. The molecule has 2 N–H and O–H groups in total. The molecule has 0 aromatic heterocycles. The average molecular weight is 291 g/mol. The molecule has 5 heteroatoms. The first kappa shape index (κ1) is 15.4. The van der Waals surface area contributed by atoms with Gasteiger partial charge in [-0.1, -0.05) is 24.6 Å². The summed E-state index contributed by atoms with van der Waals surface area (Å²) in [6.45, 7) is 1.88. The van der Waals surface area contributed by atoms with Crippen LogP contribution < -0.4 is 10.1 Å². The van der Waals surface area contributed by atoms with Gasteiger partial charge >= 0.3 is 5.97 Å². The minimum Gasteiger partial charge on any atom is -0.496 e. The SMILES string of the molecule is COc1ccccc1[C@@H](C)NC(=O)C1CCCC1C(=O)O. The Morgan fingerprint density at radius 1 is 1.29 bits per heavy atom. The van der Waals surface area contributed by atoms with E-state index in [1.54, 1.807) is 7.11 Å². The largest absolute Gasteiger partial charge is 0.496 e. The van der Waals surface area contributed by atoms with Gasteiger partial charge in [0.15, 0.2) is 0 Å². The van der Waals surface area contributed by atoms with E-state index in [1.807, 2.05) is 31.2 Å². The number of hydrogen-bond donors (Lipinski definition) is 2. The Morgan fingerprint density at radius 3 is 2.62 bits per heavy atom. The lowest BCUT2D eigenvalue weighted by molar-refractivity contribution is -0.146. The summed E-state index contributed by atoms with van der Waals surface area (Å²) in [6.07, 6.45) is 2.01. The van der Waals surface area contributed by atoms with E-state index in [9.17, 15) is 9.59 Å². The monoisotopic (exact) mass is 291 g/mol. The number of hydrogen-bond acceptors (Lipinski definition) is 3. The van der Waals surface area contributed by atoms with Gasteiger partial charge in [-0.15, -0.1) is 0 Å². The number of carbonyl (C=O) groups excluding carboxylic acids is 1. The number of carboxylic acid groups (broad SMARTS) is 1. The quantitative estimate of drug-likeness (QED) is 0.873. The van der Waals surface area contributed by atoms with Gasteiger partial charge in [0.05, 0.1) is 25.0 Å². The van der Waals surface area contributed by atoms with Crippen LogP contribution in [0.2, 0.25) is 0 Å².